The van der Waals surface area contributed by atoms with Gasteiger partial charge in [0.05, 0.1) is 18.8 Å². The summed E-state index contributed by atoms with van der Waals surface area (Å²) in [5, 5.41) is 2.41. The van der Waals surface area contributed by atoms with E-state index >= 15 is 0 Å². The predicted octanol–water partition coefficient (Wildman–Crippen LogP) is 2.85. The van der Waals surface area contributed by atoms with Gasteiger partial charge in [-0.1, -0.05) is 0 Å². The van der Waals surface area contributed by atoms with Crippen molar-refractivity contribution in [1.29, 1.82) is 0 Å². The summed E-state index contributed by atoms with van der Waals surface area (Å²) in [7, 11) is 4.97. The molecule has 1 heterocycles. The Hall–Kier alpha value is -2.98. The highest BCUT2D eigenvalue weighted by molar-refractivity contribution is 5.92. The number of hydrogen-bond acceptors (Lipinski definition) is 4. The molecule has 32 heavy (non-hydrogen) atoms. The van der Waals surface area contributed by atoms with Crippen LogP contribution in [-0.4, -0.2) is 73.4 Å². The first-order valence-corrected chi connectivity index (χ1v) is 10.2. The summed E-state index contributed by atoms with van der Waals surface area (Å²) in [4.78, 5) is 28.8. The summed E-state index contributed by atoms with van der Waals surface area (Å²) in [6, 6.07) is 6.00. The molecular formula is C22H30F2N4O4. The number of aromatic nitrogens is 1. The van der Waals surface area contributed by atoms with Crippen LogP contribution in [0.2, 0.25) is 0 Å². The van der Waals surface area contributed by atoms with Crippen molar-refractivity contribution >= 4 is 17.6 Å². The van der Waals surface area contributed by atoms with E-state index in [1.54, 1.807) is 12.0 Å². The molecule has 0 aliphatic heterocycles. The van der Waals surface area contributed by atoms with Crippen molar-refractivity contribution in [3.63, 3.8) is 0 Å². The second-order valence-electron chi connectivity index (χ2n) is 7.24. The van der Waals surface area contributed by atoms with Crippen LogP contribution in [0.5, 0.6) is 0 Å². The van der Waals surface area contributed by atoms with E-state index in [1.165, 1.54) is 12.0 Å². The molecule has 0 aliphatic carbocycles. The number of ether oxygens (including phenoxy) is 2. The third kappa shape index (κ3) is 7.61. The summed E-state index contributed by atoms with van der Waals surface area (Å²) in [5.74, 6) is -1.93. The van der Waals surface area contributed by atoms with E-state index in [-0.39, 0.29) is 24.7 Å². The summed E-state index contributed by atoms with van der Waals surface area (Å²) >= 11 is 0. The zero-order valence-corrected chi connectivity index (χ0v) is 18.6. The van der Waals surface area contributed by atoms with Gasteiger partial charge in [0.15, 0.2) is 0 Å². The van der Waals surface area contributed by atoms with Crippen LogP contribution >= 0.6 is 0 Å². The first-order chi connectivity index (χ1) is 15.3. The summed E-state index contributed by atoms with van der Waals surface area (Å²) < 4.78 is 39.2. The number of methoxy groups -OCH3 is 2. The van der Waals surface area contributed by atoms with Gasteiger partial charge in [-0.05, 0) is 30.7 Å². The number of aryl methyl sites for hydroxylation is 1. The molecule has 0 unspecified atom stereocenters. The Labute approximate surface area is 186 Å². The predicted molar refractivity (Wildman–Crippen MR) is 116 cm³/mol. The quantitative estimate of drug-likeness (QED) is 0.503. The molecule has 1 aromatic heterocycles. The Morgan fingerprint density at radius 3 is 2.44 bits per heavy atom. The van der Waals surface area contributed by atoms with Gasteiger partial charge in [0.2, 0.25) is 5.91 Å². The zero-order chi connectivity index (χ0) is 23.5. The van der Waals surface area contributed by atoms with Gasteiger partial charge in [0, 0.05) is 58.9 Å². The molecule has 8 nitrogen and oxygen atoms in total. The van der Waals surface area contributed by atoms with Crippen LogP contribution in [0.1, 0.15) is 12.1 Å². The normalized spacial score (nSPS) is 10.8. The van der Waals surface area contributed by atoms with Crippen molar-refractivity contribution in [1.82, 2.24) is 14.4 Å². The number of amides is 3. The molecule has 0 saturated heterocycles. The number of hydrogen-bond donors (Lipinski definition) is 1. The molecular weight excluding hydrogens is 422 g/mol. The SMILES string of the molecule is COCCCN(CC(=O)N(CCOC)Cc1cccn1C)C(=O)Nc1ccc(F)cc1F. The first-order valence-electron chi connectivity index (χ1n) is 10.2. The average Bonchev–Trinajstić information content (AvgIpc) is 3.16. The monoisotopic (exact) mass is 452 g/mol. The third-order valence-electron chi connectivity index (χ3n) is 4.88. The van der Waals surface area contributed by atoms with Gasteiger partial charge in [0.25, 0.3) is 0 Å². The van der Waals surface area contributed by atoms with Crippen LogP contribution in [0.25, 0.3) is 0 Å². The Balaban J connectivity index is 2.13. The van der Waals surface area contributed by atoms with Gasteiger partial charge in [-0.3, -0.25) is 4.79 Å². The number of nitrogens with one attached hydrogen (secondary N) is 1. The summed E-state index contributed by atoms with van der Waals surface area (Å²) in [5.41, 5.74) is 0.763. The molecule has 0 bridgehead atoms. The Kier molecular flexibility index (Phi) is 10.1. The minimum atomic E-state index is -0.896. The lowest BCUT2D eigenvalue weighted by Gasteiger charge is -2.28. The van der Waals surface area contributed by atoms with E-state index < -0.39 is 17.7 Å². The number of anilines is 1. The van der Waals surface area contributed by atoms with Crippen molar-refractivity contribution in [2.75, 3.05) is 52.4 Å². The number of halogens is 2. The topological polar surface area (TPSA) is 76.0 Å². The fourth-order valence-corrected chi connectivity index (χ4v) is 3.05. The molecule has 176 valence electrons. The number of nitrogens with zero attached hydrogens (tertiary/aromatic N) is 3. The lowest BCUT2D eigenvalue weighted by atomic mass is 10.3. The van der Waals surface area contributed by atoms with Gasteiger partial charge in [-0.15, -0.1) is 0 Å². The second kappa shape index (κ2) is 12.8. The fraction of sp³-hybridized carbons (Fsp3) is 0.455. The molecule has 2 rings (SSSR count). The molecule has 10 heteroatoms. The maximum Gasteiger partial charge on any atom is 0.322 e. The van der Waals surface area contributed by atoms with Crippen LogP contribution < -0.4 is 5.32 Å². The van der Waals surface area contributed by atoms with Crippen LogP contribution in [0, 0.1) is 11.6 Å². The number of rotatable bonds is 12. The van der Waals surface area contributed by atoms with Gasteiger partial charge < -0.3 is 29.2 Å². The van der Waals surface area contributed by atoms with Crippen molar-refractivity contribution in [2.24, 2.45) is 7.05 Å². The minimum Gasteiger partial charge on any atom is -0.385 e. The van der Waals surface area contributed by atoms with Gasteiger partial charge >= 0.3 is 6.03 Å². The lowest BCUT2D eigenvalue weighted by Crippen LogP contribution is -2.45. The van der Waals surface area contributed by atoms with E-state index in [4.69, 9.17) is 9.47 Å². The van der Waals surface area contributed by atoms with Gasteiger partial charge in [0.1, 0.15) is 18.2 Å². The Bertz CT molecular complexity index is 891. The zero-order valence-electron chi connectivity index (χ0n) is 18.6. The van der Waals surface area contributed by atoms with E-state index in [1.807, 2.05) is 29.9 Å². The van der Waals surface area contributed by atoms with Crippen molar-refractivity contribution in [2.45, 2.75) is 13.0 Å². The van der Waals surface area contributed by atoms with Gasteiger partial charge in [-0.25, -0.2) is 13.6 Å². The molecule has 1 aromatic carbocycles. The van der Waals surface area contributed by atoms with Crippen LogP contribution in [0.3, 0.4) is 0 Å². The van der Waals surface area contributed by atoms with Crippen LogP contribution in [0.15, 0.2) is 36.5 Å². The fourth-order valence-electron chi connectivity index (χ4n) is 3.05. The smallest absolute Gasteiger partial charge is 0.322 e. The lowest BCUT2D eigenvalue weighted by molar-refractivity contribution is -0.133. The van der Waals surface area contributed by atoms with E-state index in [2.05, 4.69) is 5.32 Å². The third-order valence-corrected chi connectivity index (χ3v) is 4.88. The molecule has 0 saturated carbocycles. The molecule has 0 aliphatic rings. The van der Waals surface area contributed by atoms with E-state index in [9.17, 15) is 18.4 Å². The van der Waals surface area contributed by atoms with Crippen molar-refractivity contribution in [3.05, 3.63) is 53.9 Å². The maximum atomic E-state index is 14.0. The standard InChI is InChI=1S/C22H30F2N4O4/c1-26-9-4-6-18(26)15-27(11-13-32-3)21(29)16-28(10-5-12-31-2)22(30)25-20-8-7-17(23)14-19(20)24/h4,6-9,14H,5,10-13,15-16H2,1-3H3,(H,25,30). The minimum absolute atomic E-state index is 0.166. The first kappa shape index (κ1) is 25.3. The number of carbonyl (C=O) groups is 2. The molecule has 0 fully saturated rings. The van der Waals surface area contributed by atoms with Crippen LogP contribution in [-0.2, 0) is 27.9 Å². The molecule has 0 atom stereocenters. The Morgan fingerprint density at radius 2 is 1.81 bits per heavy atom. The Morgan fingerprint density at radius 1 is 1.06 bits per heavy atom. The van der Waals surface area contributed by atoms with Gasteiger partial charge in [-0.2, -0.15) is 0 Å². The maximum absolute atomic E-state index is 14.0. The number of carbonyl (C=O) groups excluding carboxylic acids is 2. The largest absolute Gasteiger partial charge is 0.385 e. The highest BCUT2D eigenvalue weighted by atomic mass is 19.1. The molecule has 0 spiro atoms. The average molecular weight is 453 g/mol. The summed E-state index contributed by atoms with van der Waals surface area (Å²) in [6.07, 6.45) is 2.37. The van der Waals surface area contributed by atoms with Crippen LogP contribution in [0.4, 0.5) is 19.3 Å². The second-order valence-corrected chi connectivity index (χ2v) is 7.24. The number of benzene rings is 1. The molecule has 1 N–H and O–H groups in total. The van der Waals surface area contributed by atoms with Crippen molar-refractivity contribution < 1.29 is 27.8 Å². The highest BCUT2D eigenvalue weighted by Gasteiger charge is 2.23. The molecule has 3 amide bonds. The van der Waals surface area contributed by atoms with E-state index in [0.717, 1.165) is 17.8 Å². The van der Waals surface area contributed by atoms with Crippen molar-refractivity contribution in [3.8, 4) is 0 Å². The number of urea groups is 1. The molecule has 0 radical (unpaired) electrons. The van der Waals surface area contributed by atoms with E-state index in [0.29, 0.717) is 38.8 Å². The highest BCUT2D eigenvalue weighted by Crippen LogP contribution is 2.16. The molecule has 2 aromatic rings. The summed E-state index contributed by atoms with van der Waals surface area (Å²) in [6.45, 7) is 1.43.